The van der Waals surface area contributed by atoms with Gasteiger partial charge in [0.05, 0.1) is 12.3 Å². The van der Waals surface area contributed by atoms with Crippen molar-refractivity contribution >= 4 is 11.9 Å². The van der Waals surface area contributed by atoms with Crippen LogP contribution in [0.25, 0.3) is 0 Å². The molecule has 0 aromatic rings. The molecule has 0 bridgehead atoms. The average molecular weight is 244 g/mol. The third-order valence-corrected chi connectivity index (χ3v) is 2.93. The van der Waals surface area contributed by atoms with Crippen LogP contribution < -0.4 is 0 Å². The molecule has 0 spiro atoms. The van der Waals surface area contributed by atoms with Crippen LogP contribution in [0.15, 0.2) is 0 Å². The Balaban J connectivity index is 3.55. The Morgan fingerprint density at radius 1 is 0.941 bits per heavy atom. The van der Waals surface area contributed by atoms with Crippen molar-refractivity contribution in [2.75, 3.05) is 0 Å². The predicted octanol–water partition coefficient (Wildman–Crippen LogP) is 3.30. The van der Waals surface area contributed by atoms with Gasteiger partial charge in [0, 0.05) is 0 Å². The van der Waals surface area contributed by atoms with Gasteiger partial charge in [0.2, 0.25) is 0 Å². The summed E-state index contributed by atoms with van der Waals surface area (Å²) in [4.78, 5) is 21.2. The summed E-state index contributed by atoms with van der Waals surface area (Å²) in [6.45, 7) is 2.17. The summed E-state index contributed by atoms with van der Waals surface area (Å²) in [5.41, 5.74) is 0. The van der Waals surface area contributed by atoms with Crippen LogP contribution in [-0.4, -0.2) is 22.2 Å². The fourth-order valence-corrected chi connectivity index (χ4v) is 1.87. The molecule has 0 aliphatic rings. The summed E-state index contributed by atoms with van der Waals surface area (Å²) in [7, 11) is 0. The summed E-state index contributed by atoms with van der Waals surface area (Å²) >= 11 is 0. The van der Waals surface area contributed by atoms with Gasteiger partial charge in [-0.1, -0.05) is 51.9 Å². The number of carbonyl (C=O) groups is 2. The highest BCUT2D eigenvalue weighted by molar-refractivity contribution is 5.77. The first-order valence-electron chi connectivity index (χ1n) is 6.52. The monoisotopic (exact) mass is 244 g/mol. The van der Waals surface area contributed by atoms with Gasteiger partial charge in [0.1, 0.15) is 0 Å². The van der Waals surface area contributed by atoms with Gasteiger partial charge >= 0.3 is 11.9 Å². The van der Waals surface area contributed by atoms with Gasteiger partial charge in [-0.15, -0.1) is 0 Å². The van der Waals surface area contributed by atoms with E-state index in [9.17, 15) is 9.59 Å². The van der Waals surface area contributed by atoms with Crippen LogP contribution in [0.5, 0.6) is 0 Å². The van der Waals surface area contributed by atoms with E-state index in [1.165, 1.54) is 25.7 Å². The molecule has 4 nitrogen and oxygen atoms in total. The molecule has 1 atom stereocenters. The number of carboxylic acids is 2. The fourth-order valence-electron chi connectivity index (χ4n) is 1.87. The predicted molar refractivity (Wildman–Crippen MR) is 66.0 cm³/mol. The van der Waals surface area contributed by atoms with E-state index in [1.54, 1.807) is 0 Å². The second-order valence-electron chi connectivity index (χ2n) is 4.54. The van der Waals surface area contributed by atoms with Gasteiger partial charge in [0.15, 0.2) is 0 Å². The SMILES string of the molecule is CCCCCCCCC[C@H](CC(=O)O)C(=O)O. The minimum Gasteiger partial charge on any atom is -0.481 e. The van der Waals surface area contributed by atoms with E-state index in [1.807, 2.05) is 0 Å². The first kappa shape index (κ1) is 15.9. The van der Waals surface area contributed by atoms with Crippen LogP contribution in [0.3, 0.4) is 0 Å². The Morgan fingerprint density at radius 3 is 1.94 bits per heavy atom. The number of hydrogen-bond donors (Lipinski definition) is 2. The third kappa shape index (κ3) is 9.85. The Kier molecular flexibility index (Phi) is 9.49. The molecule has 0 unspecified atom stereocenters. The minimum absolute atomic E-state index is 0.259. The van der Waals surface area contributed by atoms with Crippen LogP contribution >= 0.6 is 0 Å². The number of aliphatic carboxylic acids is 2. The normalized spacial score (nSPS) is 12.3. The molecule has 0 aliphatic heterocycles. The molecule has 100 valence electrons. The quantitative estimate of drug-likeness (QED) is 0.547. The molecule has 0 fully saturated rings. The summed E-state index contributed by atoms with van der Waals surface area (Å²) in [5.74, 6) is -2.73. The maximum Gasteiger partial charge on any atom is 0.307 e. The van der Waals surface area contributed by atoms with Crippen molar-refractivity contribution < 1.29 is 19.8 Å². The topological polar surface area (TPSA) is 74.6 Å². The van der Waals surface area contributed by atoms with Crippen LogP contribution in [0.1, 0.15) is 64.7 Å². The van der Waals surface area contributed by atoms with E-state index in [0.717, 1.165) is 19.3 Å². The zero-order valence-electron chi connectivity index (χ0n) is 10.7. The second-order valence-corrected chi connectivity index (χ2v) is 4.54. The van der Waals surface area contributed by atoms with Crippen molar-refractivity contribution in [1.29, 1.82) is 0 Å². The molecule has 2 N–H and O–H groups in total. The number of carboxylic acid groups (broad SMARTS) is 2. The van der Waals surface area contributed by atoms with Crippen LogP contribution in [-0.2, 0) is 9.59 Å². The van der Waals surface area contributed by atoms with Gasteiger partial charge in [0.25, 0.3) is 0 Å². The van der Waals surface area contributed by atoms with Crippen molar-refractivity contribution in [2.24, 2.45) is 5.92 Å². The zero-order valence-corrected chi connectivity index (χ0v) is 10.7. The lowest BCUT2D eigenvalue weighted by atomic mass is 9.97. The first-order valence-corrected chi connectivity index (χ1v) is 6.52. The van der Waals surface area contributed by atoms with Gasteiger partial charge in [-0.3, -0.25) is 9.59 Å². The minimum atomic E-state index is -1.03. The summed E-state index contributed by atoms with van der Waals surface area (Å²) in [5, 5.41) is 17.4. The summed E-state index contributed by atoms with van der Waals surface area (Å²) in [6.07, 6.45) is 8.10. The molecule has 0 aliphatic carbocycles. The van der Waals surface area contributed by atoms with Gasteiger partial charge in [-0.2, -0.15) is 0 Å². The number of hydrogen-bond acceptors (Lipinski definition) is 2. The van der Waals surface area contributed by atoms with Gasteiger partial charge in [-0.05, 0) is 6.42 Å². The zero-order chi connectivity index (χ0) is 13.1. The van der Waals surface area contributed by atoms with Gasteiger partial charge < -0.3 is 10.2 Å². The molecular formula is C13H24O4. The van der Waals surface area contributed by atoms with E-state index in [2.05, 4.69) is 6.92 Å². The van der Waals surface area contributed by atoms with Crippen molar-refractivity contribution in [3.05, 3.63) is 0 Å². The Morgan fingerprint density at radius 2 is 1.47 bits per heavy atom. The van der Waals surface area contributed by atoms with Crippen molar-refractivity contribution in [3.63, 3.8) is 0 Å². The molecule has 0 radical (unpaired) electrons. The lowest BCUT2D eigenvalue weighted by molar-refractivity contribution is -0.148. The molecule has 0 aromatic carbocycles. The summed E-state index contributed by atoms with van der Waals surface area (Å²) in [6, 6.07) is 0. The lowest BCUT2D eigenvalue weighted by Crippen LogP contribution is -2.17. The fraction of sp³-hybridized carbons (Fsp3) is 0.846. The van der Waals surface area contributed by atoms with E-state index >= 15 is 0 Å². The maximum atomic E-state index is 10.8. The third-order valence-electron chi connectivity index (χ3n) is 2.93. The Bertz CT molecular complexity index is 225. The van der Waals surface area contributed by atoms with Crippen LogP contribution in [0, 0.1) is 5.92 Å². The molecule has 4 heteroatoms. The standard InChI is InChI=1S/C13H24O4/c1-2-3-4-5-6-7-8-9-11(13(16)17)10-12(14)15/h11H,2-10H2,1H3,(H,14,15)(H,16,17)/t11-/m1/s1. The first-order chi connectivity index (χ1) is 8.07. The highest BCUT2D eigenvalue weighted by atomic mass is 16.4. The molecular weight excluding hydrogens is 220 g/mol. The van der Waals surface area contributed by atoms with Crippen molar-refractivity contribution in [3.8, 4) is 0 Å². The molecule has 0 heterocycles. The molecule has 0 saturated carbocycles. The van der Waals surface area contributed by atoms with Crippen molar-refractivity contribution in [1.82, 2.24) is 0 Å². The highest BCUT2D eigenvalue weighted by Gasteiger charge is 2.19. The number of unbranched alkanes of at least 4 members (excludes halogenated alkanes) is 6. The average Bonchev–Trinajstić information content (AvgIpc) is 2.25. The summed E-state index contributed by atoms with van der Waals surface area (Å²) < 4.78 is 0. The van der Waals surface area contributed by atoms with E-state index in [0.29, 0.717) is 6.42 Å². The molecule has 0 aromatic heterocycles. The number of rotatable bonds is 11. The van der Waals surface area contributed by atoms with E-state index < -0.39 is 17.9 Å². The van der Waals surface area contributed by atoms with E-state index in [-0.39, 0.29) is 6.42 Å². The largest absolute Gasteiger partial charge is 0.481 e. The Labute approximate surface area is 103 Å². The van der Waals surface area contributed by atoms with Crippen molar-refractivity contribution in [2.45, 2.75) is 64.7 Å². The molecule has 0 amide bonds. The lowest BCUT2D eigenvalue weighted by Gasteiger charge is -2.09. The molecule has 0 rings (SSSR count). The van der Waals surface area contributed by atoms with Crippen LogP contribution in [0.4, 0.5) is 0 Å². The van der Waals surface area contributed by atoms with E-state index in [4.69, 9.17) is 10.2 Å². The maximum absolute atomic E-state index is 10.8. The van der Waals surface area contributed by atoms with Crippen LogP contribution in [0.2, 0.25) is 0 Å². The highest BCUT2D eigenvalue weighted by Crippen LogP contribution is 2.15. The molecule has 0 saturated heterocycles. The second kappa shape index (κ2) is 10.1. The van der Waals surface area contributed by atoms with Gasteiger partial charge in [-0.25, -0.2) is 0 Å². The smallest absolute Gasteiger partial charge is 0.307 e. The molecule has 17 heavy (non-hydrogen) atoms. The Hall–Kier alpha value is -1.06.